The molecular weight excluding hydrogens is 266 g/mol. The minimum Gasteiger partial charge on any atom is -0.319 e. The third-order valence-electron chi connectivity index (χ3n) is 3.10. The van der Waals surface area contributed by atoms with Gasteiger partial charge in [0.05, 0.1) is 23.6 Å². The van der Waals surface area contributed by atoms with Crippen LogP contribution < -0.4 is 0 Å². The molecule has 0 N–H and O–H groups in total. The normalized spacial score (nSPS) is 13.0. The van der Waals surface area contributed by atoms with E-state index in [0.29, 0.717) is 5.88 Å². The van der Waals surface area contributed by atoms with Gasteiger partial charge in [0.15, 0.2) is 0 Å². The van der Waals surface area contributed by atoms with Gasteiger partial charge in [0, 0.05) is 6.20 Å². The van der Waals surface area contributed by atoms with Crippen molar-refractivity contribution in [3.05, 3.63) is 46.7 Å². The van der Waals surface area contributed by atoms with E-state index >= 15 is 0 Å². The lowest BCUT2D eigenvalue weighted by Crippen LogP contribution is -2.09. The van der Waals surface area contributed by atoms with Crippen LogP contribution in [0.5, 0.6) is 0 Å². The fourth-order valence-corrected chi connectivity index (χ4v) is 3.12. The molecule has 3 aromatic heterocycles. The number of aromatic nitrogens is 3. The average Bonchev–Trinajstić information content (AvgIpc) is 3.04. The first kappa shape index (κ1) is 11.7. The largest absolute Gasteiger partial charge is 0.319 e. The average molecular weight is 278 g/mol. The third-order valence-corrected chi connectivity index (χ3v) is 4.04. The molecule has 0 fully saturated rings. The molecule has 0 aliphatic rings. The number of imidazole rings is 1. The van der Waals surface area contributed by atoms with E-state index in [0.717, 1.165) is 16.9 Å². The Morgan fingerprint density at radius 1 is 1.44 bits per heavy atom. The summed E-state index contributed by atoms with van der Waals surface area (Å²) >= 11 is 7.71. The summed E-state index contributed by atoms with van der Waals surface area (Å²) < 4.78 is 2.19. The molecule has 92 valence electrons. The number of nitrogens with zero attached hydrogens (tertiary/aromatic N) is 3. The molecule has 5 heteroatoms. The first-order valence-electron chi connectivity index (χ1n) is 5.70. The molecule has 1 atom stereocenters. The number of rotatable bonds is 3. The summed E-state index contributed by atoms with van der Waals surface area (Å²) in [6.45, 7) is 2.17. The lowest BCUT2D eigenvalue weighted by atomic mass is 10.2. The highest BCUT2D eigenvalue weighted by Gasteiger charge is 2.16. The van der Waals surface area contributed by atoms with Crippen LogP contribution in [0, 0.1) is 0 Å². The van der Waals surface area contributed by atoms with E-state index in [2.05, 4.69) is 38.3 Å². The van der Waals surface area contributed by atoms with Gasteiger partial charge in [-0.2, -0.15) is 11.3 Å². The van der Waals surface area contributed by atoms with Crippen molar-refractivity contribution in [2.75, 3.05) is 0 Å². The number of halogens is 1. The number of fused-ring (bicyclic) bond motifs is 1. The predicted octanol–water partition coefficient (Wildman–Crippen LogP) is 3.84. The van der Waals surface area contributed by atoms with Gasteiger partial charge in [-0.25, -0.2) is 4.98 Å². The van der Waals surface area contributed by atoms with Crippen LogP contribution in [0.3, 0.4) is 0 Å². The molecule has 3 nitrogen and oxygen atoms in total. The third kappa shape index (κ3) is 1.82. The van der Waals surface area contributed by atoms with Crippen molar-refractivity contribution in [1.82, 2.24) is 14.5 Å². The molecule has 0 saturated heterocycles. The molecule has 0 saturated carbocycles. The van der Waals surface area contributed by atoms with E-state index in [4.69, 9.17) is 11.6 Å². The summed E-state index contributed by atoms with van der Waals surface area (Å²) in [5.41, 5.74) is 3.26. The molecule has 0 aliphatic heterocycles. The Balaban J connectivity index is 2.20. The Hall–Kier alpha value is -1.39. The molecule has 0 spiro atoms. The van der Waals surface area contributed by atoms with Crippen LogP contribution in [0.4, 0.5) is 0 Å². The second-order valence-corrected chi connectivity index (χ2v) is 5.18. The van der Waals surface area contributed by atoms with Gasteiger partial charge in [0.2, 0.25) is 0 Å². The SMILES string of the molecule is CC(c1ccsc1)n1c(CCl)nc2cnccc21. The van der Waals surface area contributed by atoms with Crippen molar-refractivity contribution < 1.29 is 0 Å². The number of hydrogen-bond acceptors (Lipinski definition) is 3. The Kier molecular flexibility index (Phi) is 3.06. The van der Waals surface area contributed by atoms with Crippen molar-refractivity contribution in [2.45, 2.75) is 18.8 Å². The first-order chi connectivity index (χ1) is 8.81. The maximum Gasteiger partial charge on any atom is 0.125 e. The summed E-state index contributed by atoms with van der Waals surface area (Å²) in [4.78, 5) is 8.64. The molecule has 3 rings (SSSR count). The van der Waals surface area contributed by atoms with Crippen LogP contribution in [-0.2, 0) is 5.88 Å². The fraction of sp³-hybridized carbons (Fsp3) is 0.231. The maximum absolute atomic E-state index is 6.01. The standard InChI is InChI=1S/C13H12ClN3S/c1-9(10-3-5-18-8-10)17-12-2-4-15-7-11(12)16-13(17)6-14/h2-5,7-9H,6H2,1H3. The molecule has 3 heterocycles. The number of hydrogen-bond donors (Lipinski definition) is 0. The minimum absolute atomic E-state index is 0.234. The molecular formula is C13H12ClN3S. The molecule has 0 aromatic carbocycles. The van der Waals surface area contributed by atoms with Gasteiger partial charge in [-0.15, -0.1) is 11.6 Å². The zero-order chi connectivity index (χ0) is 12.5. The van der Waals surface area contributed by atoms with Crippen molar-refractivity contribution in [3.63, 3.8) is 0 Å². The second-order valence-electron chi connectivity index (χ2n) is 4.13. The van der Waals surface area contributed by atoms with Gasteiger partial charge < -0.3 is 4.57 Å². The van der Waals surface area contributed by atoms with Crippen molar-refractivity contribution in [1.29, 1.82) is 0 Å². The van der Waals surface area contributed by atoms with Gasteiger partial charge in [-0.3, -0.25) is 4.98 Å². The number of alkyl halides is 1. The number of pyridine rings is 1. The van der Waals surface area contributed by atoms with E-state index < -0.39 is 0 Å². The van der Waals surface area contributed by atoms with E-state index in [1.165, 1.54) is 5.56 Å². The summed E-state index contributed by atoms with van der Waals surface area (Å²) in [5.74, 6) is 1.29. The van der Waals surface area contributed by atoms with Crippen molar-refractivity contribution >= 4 is 34.0 Å². The predicted molar refractivity (Wildman–Crippen MR) is 75.2 cm³/mol. The van der Waals surface area contributed by atoms with Crippen LogP contribution in [0.15, 0.2) is 35.3 Å². The van der Waals surface area contributed by atoms with E-state index in [9.17, 15) is 0 Å². The molecule has 0 amide bonds. The molecule has 18 heavy (non-hydrogen) atoms. The molecule has 1 unspecified atom stereocenters. The number of thiophene rings is 1. The highest BCUT2D eigenvalue weighted by molar-refractivity contribution is 7.07. The molecule has 0 aliphatic carbocycles. The lowest BCUT2D eigenvalue weighted by molar-refractivity contribution is 0.636. The van der Waals surface area contributed by atoms with Crippen molar-refractivity contribution in [3.8, 4) is 0 Å². The summed E-state index contributed by atoms with van der Waals surface area (Å²) in [6, 6.07) is 4.36. The van der Waals surface area contributed by atoms with Gasteiger partial charge in [0.25, 0.3) is 0 Å². The molecule has 0 bridgehead atoms. The summed E-state index contributed by atoms with van der Waals surface area (Å²) in [5, 5.41) is 4.25. The minimum atomic E-state index is 0.234. The van der Waals surface area contributed by atoms with E-state index in [-0.39, 0.29) is 6.04 Å². The van der Waals surface area contributed by atoms with Crippen LogP contribution in [0.2, 0.25) is 0 Å². The fourth-order valence-electron chi connectivity index (χ4n) is 2.19. The zero-order valence-electron chi connectivity index (χ0n) is 9.88. The van der Waals surface area contributed by atoms with Gasteiger partial charge >= 0.3 is 0 Å². The van der Waals surface area contributed by atoms with Crippen LogP contribution >= 0.6 is 22.9 Å². The Labute approximate surface area is 114 Å². The van der Waals surface area contributed by atoms with Crippen LogP contribution in [0.25, 0.3) is 11.0 Å². The maximum atomic E-state index is 6.01. The Morgan fingerprint density at radius 3 is 3.06 bits per heavy atom. The van der Waals surface area contributed by atoms with E-state index in [1.54, 1.807) is 23.7 Å². The topological polar surface area (TPSA) is 30.7 Å². The Bertz CT molecular complexity index is 660. The highest BCUT2D eigenvalue weighted by Crippen LogP contribution is 2.27. The van der Waals surface area contributed by atoms with Crippen molar-refractivity contribution in [2.24, 2.45) is 0 Å². The molecule has 3 aromatic rings. The van der Waals surface area contributed by atoms with Gasteiger partial charge in [0.1, 0.15) is 11.3 Å². The summed E-state index contributed by atoms with van der Waals surface area (Å²) in [6.07, 6.45) is 3.57. The van der Waals surface area contributed by atoms with E-state index in [1.807, 2.05) is 6.07 Å². The highest BCUT2D eigenvalue weighted by atomic mass is 35.5. The van der Waals surface area contributed by atoms with Crippen LogP contribution in [0.1, 0.15) is 24.4 Å². The molecule has 0 radical (unpaired) electrons. The van der Waals surface area contributed by atoms with Gasteiger partial charge in [-0.1, -0.05) is 0 Å². The van der Waals surface area contributed by atoms with Gasteiger partial charge in [-0.05, 0) is 35.4 Å². The monoisotopic (exact) mass is 277 g/mol. The first-order valence-corrected chi connectivity index (χ1v) is 7.18. The Morgan fingerprint density at radius 2 is 2.33 bits per heavy atom. The quantitative estimate of drug-likeness (QED) is 0.681. The lowest BCUT2D eigenvalue weighted by Gasteiger charge is -2.15. The second kappa shape index (κ2) is 4.71. The zero-order valence-corrected chi connectivity index (χ0v) is 11.4. The van der Waals surface area contributed by atoms with Crippen LogP contribution in [-0.4, -0.2) is 14.5 Å². The smallest absolute Gasteiger partial charge is 0.125 e. The summed E-state index contributed by atoms with van der Waals surface area (Å²) in [7, 11) is 0.